The van der Waals surface area contributed by atoms with Crippen molar-refractivity contribution in [2.24, 2.45) is 0 Å². The van der Waals surface area contributed by atoms with Crippen LogP contribution in [0.1, 0.15) is 30.3 Å². The molecule has 1 fully saturated rings. The Bertz CT molecular complexity index is 534. The number of carbonyl (C=O) groups excluding carboxylic acids is 1. The van der Waals surface area contributed by atoms with E-state index in [2.05, 4.69) is 19.2 Å². The SMILES string of the molecule is CC(C)[NH2+]CCN1C(=O)CS[C@@H]1c1cccc(C(F)(F)F)c1. The highest BCUT2D eigenvalue weighted by molar-refractivity contribution is 8.00. The van der Waals surface area contributed by atoms with E-state index in [0.29, 0.717) is 23.9 Å². The molecule has 1 saturated heterocycles. The molecule has 7 heteroatoms. The van der Waals surface area contributed by atoms with Crippen LogP contribution in [0.3, 0.4) is 0 Å². The summed E-state index contributed by atoms with van der Waals surface area (Å²) >= 11 is 1.38. The summed E-state index contributed by atoms with van der Waals surface area (Å²) in [6.45, 7) is 5.42. The predicted molar refractivity (Wildman–Crippen MR) is 80.3 cm³/mol. The number of thioether (sulfide) groups is 1. The van der Waals surface area contributed by atoms with Crippen molar-refractivity contribution < 1.29 is 23.3 Å². The van der Waals surface area contributed by atoms with Crippen LogP contribution < -0.4 is 5.32 Å². The average molecular weight is 333 g/mol. The minimum Gasteiger partial charge on any atom is -0.343 e. The molecule has 0 aliphatic carbocycles. The van der Waals surface area contributed by atoms with E-state index in [4.69, 9.17) is 0 Å². The van der Waals surface area contributed by atoms with Gasteiger partial charge >= 0.3 is 6.18 Å². The normalized spacial score (nSPS) is 19.3. The number of halogens is 3. The summed E-state index contributed by atoms with van der Waals surface area (Å²) in [5.41, 5.74) is -0.131. The third-order valence-corrected chi connectivity index (χ3v) is 4.73. The lowest BCUT2D eigenvalue weighted by molar-refractivity contribution is -0.682. The number of nitrogens with zero attached hydrogens (tertiary/aromatic N) is 1. The van der Waals surface area contributed by atoms with Gasteiger partial charge in [0.05, 0.1) is 30.4 Å². The maximum atomic E-state index is 12.8. The Hall–Kier alpha value is -1.21. The largest absolute Gasteiger partial charge is 0.416 e. The lowest BCUT2D eigenvalue weighted by Crippen LogP contribution is -2.89. The summed E-state index contributed by atoms with van der Waals surface area (Å²) in [7, 11) is 0. The van der Waals surface area contributed by atoms with Crippen LogP contribution in [-0.2, 0) is 11.0 Å². The quantitative estimate of drug-likeness (QED) is 0.897. The zero-order chi connectivity index (χ0) is 16.3. The van der Waals surface area contributed by atoms with Gasteiger partial charge in [-0.2, -0.15) is 13.2 Å². The van der Waals surface area contributed by atoms with Gasteiger partial charge in [0, 0.05) is 0 Å². The van der Waals surface area contributed by atoms with Crippen molar-refractivity contribution in [3.8, 4) is 0 Å². The van der Waals surface area contributed by atoms with Gasteiger partial charge in [-0.3, -0.25) is 4.79 Å². The van der Waals surface area contributed by atoms with Crippen LogP contribution in [0.2, 0.25) is 0 Å². The van der Waals surface area contributed by atoms with Gasteiger partial charge in [0.1, 0.15) is 5.37 Å². The Balaban J connectivity index is 2.14. The molecule has 0 unspecified atom stereocenters. The molecule has 0 radical (unpaired) electrons. The van der Waals surface area contributed by atoms with E-state index in [-0.39, 0.29) is 11.3 Å². The van der Waals surface area contributed by atoms with E-state index in [9.17, 15) is 18.0 Å². The summed E-state index contributed by atoms with van der Waals surface area (Å²) in [4.78, 5) is 13.7. The Kier molecular flexibility index (Phi) is 5.39. The molecule has 1 atom stereocenters. The van der Waals surface area contributed by atoms with Crippen molar-refractivity contribution in [2.45, 2.75) is 31.4 Å². The first-order valence-corrected chi connectivity index (χ1v) is 8.25. The molecule has 1 aromatic carbocycles. The maximum absolute atomic E-state index is 12.8. The summed E-state index contributed by atoms with van der Waals surface area (Å²) in [6.07, 6.45) is -4.36. The minimum atomic E-state index is -4.36. The molecule has 3 nitrogen and oxygen atoms in total. The average Bonchev–Trinajstić information content (AvgIpc) is 2.79. The monoisotopic (exact) mass is 333 g/mol. The lowest BCUT2D eigenvalue weighted by Gasteiger charge is -2.24. The van der Waals surface area contributed by atoms with E-state index in [1.165, 1.54) is 17.8 Å². The number of benzene rings is 1. The molecular formula is C15H20F3N2OS+. The smallest absolute Gasteiger partial charge is 0.343 e. The fourth-order valence-corrected chi connectivity index (χ4v) is 3.60. The predicted octanol–water partition coefficient (Wildman–Crippen LogP) is 2.25. The van der Waals surface area contributed by atoms with Crippen molar-refractivity contribution in [3.05, 3.63) is 35.4 Å². The third-order valence-electron chi connectivity index (χ3n) is 3.48. The first kappa shape index (κ1) is 17.1. The molecule has 122 valence electrons. The van der Waals surface area contributed by atoms with E-state index >= 15 is 0 Å². The number of hydrogen-bond acceptors (Lipinski definition) is 2. The summed E-state index contributed by atoms with van der Waals surface area (Å²) in [5, 5.41) is 1.79. The van der Waals surface area contributed by atoms with E-state index in [1.807, 2.05) is 0 Å². The van der Waals surface area contributed by atoms with Gasteiger partial charge in [0.25, 0.3) is 0 Å². The fraction of sp³-hybridized carbons (Fsp3) is 0.533. The highest BCUT2D eigenvalue weighted by Crippen LogP contribution is 2.40. The summed E-state index contributed by atoms with van der Waals surface area (Å²) in [6, 6.07) is 5.69. The minimum absolute atomic E-state index is 0.00966. The van der Waals surface area contributed by atoms with Crippen LogP contribution in [0.4, 0.5) is 13.2 Å². The van der Waals surface area contributed by atoms with Crippen LogP contribution in [0.5, 0.6) is 0 Å². The van der Waals surface area contributed by atoms with E-state index in [0.717, 1.165) is 18.7 Å². The Morgan fingerprint density at radius 2 is 2.14 bits per heavy atom. The molecule has 1 heterocycles. The van der Waals surface area contributed by atoms with Crippen LogP contribution in [0, 0.1) is 0 Å². The number of rotatable bonds is 5. The molecule has 2 rings (SSSR count). The molecule has 22 heavy (non-hydrogen) atoms. The topological polar surface area (TPSA) is 36.9 Å². The van der Waals surface area contributed by atoms with Gasteiger partial charge in [-0.1, -0.05) is 12.1 Å². The maximum Gasteiger partial charge on any atom is 0.416 e. The van der Waals surface area contributed by atoms with Crippen molar-refractivity contribution in [2.75, 3.05) is 18.8 Å². The number of nitrogens with two attached hydrogens (primary N) is 1. The molecule has 2 N–H and O–H groups in total. The molecule has 0 aromatic heterocycles. The number of alkyl halides is 3. The number of carbonyl (C=O) groups is 1. The number of amides is 1. The van der Waals surface area contributed by atoms with Crippen molar-refractivity contribution in [1.82, 2.24) is 4.90 Å². The van der Waals surface area contributed by atoms with Gasteiger partial charge in [0.2, 0.25) is 5.91 Å². The summed E-state index contributed by atoms with van der Waals surface area (Å²) in [5.74, 6) is 0.312. The van der Waals surface area contributed by atoms with Gasteiger partial charge in [-0.05, 0) is 31.5 Å². The molecular weight excluding hydrogens is 313 g/mol. The zero-order valence-corrected chi connectivity index (χ0v) is 13.4. The molecule has 0 saturated carbocycles. The number of quaternary nitrogens is 1. The van der Waals surface area contributed by atoms with E-state index < -0.39 is 11.7 Å². The first-order chi connectivity index (χ1) is 10.3. The number of hydrogen-bond donors (Lipinski definition) is 1. The lowest BCUT2D eigenvalue weighted by atomic mass is 10.1. The highest BCUT2D eigenvalue weighted by atomic mass is 32.2. The second-order valence-electron chi connectivity index (χ2n) is 5.64. The highest BCUT2D eigenvalue weighted by Gasteiger charge is 2.35. The van der Waals surface area contributed by atoms with Gasteiger partial charge in [-0.25, -0.2) is 0 Å². The van der Waals surface area contributed by atoms with Crippen LogP contribution in [-0.4, -0.2) is 35.7 Å². The van der Waals surface area contributed by atoms with Crippen molar-refractivity contribution in [3.63, 3.8) is 0 Å². The van der Waals surface area contributed by atoms with Gasteiger partial charge in [-0.15, -0.1) is 11.8 Å². The molecule has 1 amide bonds. The molecule has 1 aliphatic heterocycles. The fourth-order valence-electron chi connectivity index (χ4n) is 2.39. The molecule has 1 aliphatic rings. The van der Waals surface area contributed by atoms with Crippen LogP contribution in [0.25, 0.3) is 0 Å². The van der Waals surface area contributed by atoms with Crippen molar-refractivity contribution >= 4 is 17.7 Å². The molecule has 0 spiro atoms. The standard InChI is InChI=1S/C15H19F3N2OS/c1-10(2)19-6-7-20-13(21)9-22-14(20)11-4-3-5-12(8-11)15(16,17)18/h3-5,8,10,14,19H,6-7,9H2,1-2H3/p+1/t14-/m1/s1. The second kappa shape index (κ2) is 6.91. The van der Waals surface area contributed by atoms with E-state index in [1.54, 1.807) is 11.0 Å². The first-order valence-electron chi connectivity index (χ1n) is 7.20. The summed E-state index contributed by atoms with van der Waals surface area (Å²) < 4.78 is 38.5. The Morgan fingerprint density at radius 1 is 1.41 bits per heavy atom. The zero-order valence-electron chi connectivity index (χ0n) is 12.6. The Labute approximate surface area is 132 Å². The van der Waals surface area contributed by atoms with Gasteiger partial charge in [0.15, 0.2) is 0 Å². The third kappa shape index (κ3) is 4.16. The van der Waals surface area contributed by atoms with Crippen molar-refractivity contribution in [1.29, 1.82) is 0 Å². The second-order valence-corrected chi connectivity index (χ2v) is 6.71. The van der Waals surface area contributed by atoms with Crippen LogP contribution >= 0.6 is 11.8 Å². The van der Waals surface area contributed by atoms with Gasteiger partial charge < -0.3 is 10.2 Å². The molecule has 1 aromatic rings. The molecule has 0 bridgehead atoms. The Morgan fingerprint density at radius 3 is 2.77 bits per heavy atom. The van der Waals surface area contributed by atoms with Crippen LogP contribution in [0.15, 0.2) is 24.3 Å².